The van der Waals surface area contributed by atoms with E-state index in [1.807, 2.05) is 0 Å². The highest BCUT2D eigenvalue weighted by Gasteiger charge is 2.35. The Balaban J connectivity index is 1.48. The van der Waals surface area contributed by atoms with Crippen LogP contribution in [0.15, 0.2) is 0 Å². The molecule has 0 bridgehead atoms. The lowest BCUT2D eigenvalue weighted by Gasteiger charge is -2.35. The Morgan fingerprint density at radius 2 is 2.00 bits per heavy atom. The van der Waals surface area contributed by atoms with E-state index in [9.17, 15) is 4.79 Å². The van der Waals surface area contributed by atoms with Gasteiger partial charge in [-0.25, -0.2) is 0 Å². The fraction of sp³-hybridized carbons (Fsp3) is 0.938. The van der Waals surface area contributed by atoms with E-state index in [0.29, 0.717) is 12.6 Å². The number of nitrogens with zero attached hydrogens (tertiary/aromatic N) is 1. The molecule has 120 valence electrons. The maximum Gasteiger partial charge on any atom is 0.237 e. The molecule has 0 aliphatic carbocycles. The number of nitrogens with one attached hydrogen (secondary N) is 2. The van der Waals surface area contributed by atoms with E-state index in [1.165, 1.54) is 19.3 Å². The molecule has 0 saturated carbocycles. The van der Waals surface area contributed by atoms with Gasteiger partial charge >= 0.3 is 0 Å². The number of amides is 1. The zero-order valence-corrected chi connectivity index (χ0v) is 13.0. The second-order valence-corrected chi connectivity index (χ2v) is 6.61. The first-order valence-electron chi connectivity index (χ1n) is 8.70. The lowest BCUT2D eigenvalue weighted by atomic mass is 10.0. The first-order valence-corrected chi connectivity index (χ1v) is 8.70. The summed E-state index contributed by atoms with van der Waals surface area (Å²) < 4.78 is 5.70. The number of rotatable bonds is 4. The molecule has 0 aromatic carbocycles. The molecular formula is C16H29N3O2. The van der Waals surface area contributed by atoms with E-state index in [2.05, 4.69) is 15.5 Å². The van der Waals surface area contributed by atoms with Crippen molar-refractivity contribution in [3.05, 3.63) is 0 Å². The molecule has 3 heterocycles. The van der Waals surface area contributed by atoms with Crippen molar-refractivity contribution in [1.82, 2.24) is 15.5 Å². The van der Waals surface area contributed by atoms with Crippen LogP contribution >= 0.6 is 0 Å². The number of hydrogen-bond acceptors (Lipinski definition) is 4. The van der Waals surface area contributed by atoms with Crippen LogP contribution in [0.5, 0.6) is 0 Å². The molecule has 2 unspecified atom stereocenters. The number of likely N-dealkylation sites (tertiary alicyclic amines) is 1. The van der Waals surface area contributed by atoms with E-state index >= 15 is 0 Å². The van der Waals surface area contributed by atoms with Crippen molar-refractivity contribution in [2.75, 3.05) is 32.8 Å². The summed E-state index contributed by atoms with van der Waals surface area (Å²) in [4.78, 5) is 15.0. The highest BCUT2D eigenvalue weighted by Crippen LogP contribution is 2.24. The summed E-state index contributed by atoms with van der Waals surface area (Å²) in [5.74, 6) is 0.222. The summed E-state index contributed by atoms with van der Waals surface area (Å²) >= 11 is 0. The van der Waals surface area contributed by atoms with Gasteiger partial charge in [0.25, 0.3) is 0 Å². The van der Waals surface area contributed by atoms with Crippen molar-refractivity contribution in [3.63, 3.8) is 0 Å². The minimum atomic E-state index is 0.0942. The fourth-order valence-corrected chi connectivity index (χ4v) is 3.95. The number of carbonyl (C=O) groups excluding carboxylic acids is 1. The SMILES string of the molecule is O=C(NCC1CCCCO1)C1CCCN1C1CCNCC1. The van der Waals surface area contributed by atoms with Crippen LogP contribution in [0.3, 0.4) is 0 Å². The van der Waals surface area contributed by atoms with Gasteiger partial charge in [0.1, 0.15) is 0 Å². The summed E-state index contributed by atoms with van der Waals surface area (Å²) in [6, 6.07) is 0.687. The summed E-state index contributed by atoms with van der Waals surface area (Å²) in [6.07, 6.45) is 8.23. The average Bonchev–Trinajstić information content (AvgIpc) is 3.04. The van der Waals surface area contributed by atoms with Crippen LogP contribution in [-0.2, 0) is 9.53 Å². The lowest BCUT2D eigenvalue weighted by Crippen LogP contribution is -2.51. The Morgan fingerprint density at radius 3 is 2.76 bits per heavy atom. The lowest BCUT2D eigenvalue weighted by molar-refractivity contribution is -0.127. The summed E-state index contributed by atoms with van der Waals surface area (Å²) in [6.45, 7) is 4.81. The van der Waals surface area contributed by atoms with Crippen LogP contribution in [0.25, 0.3) is 0 Å². The van der Waals surface area contributed by atoms with Gasteiger partial charge in [-0.3, -0.25) is 9.69 Å². The van der Waals surface area contributed by atoms with Crippen LogP contribution in [0.1, 0.15) is 44.9 Å². The van der Waals surface area contributed by atoms with Crippen LogP contribution in [-0.4, -0.2) is 61.8 Å². The van der Waals surface area contributed by atoms with Gasteiger partial charge in [0, 0.05) is 19.2 Å². The average molecular weight is 295 g/mol. The smallest absolute Gasteiger partial charge is 0.237 e. The molecule has 3 saturated heterocycles. The molecule has 3 aliphatic heterocycles. The highest BCUT2D eigenvalue weighted by atomic mass is 16.5. The molecule has 0 radical (unpaired) electrons. The Bertz CT molecular complexity index is 338. The Kier molecular flexibility index (Phi) is 5.49. The molecule has 0 aromatic heterocycles. The van der Waals surface area contributed by atoms with Gasteiger partial charge < -0.3 is 15.4 Å². The maximum absolute atomic E-state index is 12.5. The van der Waals surface area contributed by atoms with Gasteiger partial charge in [-0.15, -0.1) is 0 Å². The molecule has 21 heavy (non-hydrogen) atoms. The monoisotopic (exact) mass is 295 g/mol. The first-order chi connectivity index (χ1) is 10.3. The number of hydrogen-bond donors (Lipinski definition) is 2. The molecule has 3 aliphatic rings. The van der Waals surface area contributed by atoms with Crippen LogP contribution in [0.4, 0.5) is 0 Å². The summed E-state index contributed by atoms with van der Waals surface area (Å²) in [5, 5.41) is 6.55. The van der Waals surface area contributed by atoms with E-state index < -0.39 is 0 Å². The number of piperidine rings is 1. The third-order valence-corrected chi connectivity index (χ3v) is 5.15. The standard InChI is InChI=1S/C16H29N3O2/c20-16(18-12-14-4-1-2-11-21-14)15-5-3-10-19(15)13-6-8-17-9-7-13/h13-15,17H,1-12H2,(H,18,20). The molecule has 3 fully saturated rings. The van der Waals surface area contributed by atoms with E-state index in [-0.39, 0.29) is 18.1 Å². The maximum atomic E-state index is 12.5. The Labute approximate surface area is 127 Å². The van der Waals surface area contributed by atoms with Crippen molar-refractivity contribution in [2.24, 2.45) is 0 Å². The summed E-state index contributed by atoms with van der Waals surface area (Å²) in [5.41, 5.74) is 0. The minimum absolute atomic E-state index is 0.0942. The molecule has 1 amide bonds. The Hall–Kier alpha value is -0.650. The predicted octanol–water partition coefficient (Wildman–Crippen LogP) is 0.888. The minimum Gasteiger partial charge on any atom is -0.376 e. The van der Waals surface area contributed by atoms with Crippen LogP contribution in [0.2, 0.25) is 0 Å². The van der Waals surface area contributed by atoms with E-state index in [4.69, 9.17) is 4.74 Å². The van der Waals surface area contributed by atoms with Gasteiger partial charge in [0.05, 0.1) is 12.1 Å². The molecule has 3 rings (SSSR count). The molecule has 5 heteroatoms. The zero-order valence-electron chi connectivity index (χ0n) is 13.0. The number of ether oxygens (including phenoxy) is 1. The molecule has 0 spiro atoms. The largest absolute Gasteiger partial charge is 0.376 e. The van der Waals surface area contributed by atoms with Gasteiger partial charge in [-0.1, -0.05) is 0 Å². The first kappa shape index (κ1) is 15.3. The third-order valence-electron chi connectivity index (χ3n) is 5.15. The van der Waals surface area contributed by atoms with Crippen molar-refractivity contribution >= 4 is 5.91 Å². The predicted molar refractivity (Wildman–Crippen MR) is 82.2 cm³/mol. The topological polar surface area (TPSA) is 53.6 Å². The molecule has 2 N–H and O–H groups in total. The quantitative estimate of drug-likeness (QED) is 0.809. The van der Waals surface area contributed by atoms with Gasteiger partial charge in [0.15, 0.2) is 0 Å². The van der Waals surface area contributed by atoms with Gasteiger partial charge in [-0.05, 0) is 64.6 Å². The fourth-order valence-electron chi connectivity index (χ4n) is 3.95. The molecule has 0 aromatic rings. The second-order valence-electron chi connectivity index (χ2n) is 6.61. The molecule has 2 atom stereocenters. The molecular weight excluding hydrogens is 266 g/mol. The molecule has 5 nitrogen and oxygen atoms in total. The van der Waals surface area contributed by atoms with Crippen LogP contribution < -0.4 is 10.6 Å². The Morgan fingerprint density at radius 1 is 1.14 bits per heavy atom. The van der Waals surface area contributed by atoms with E-state index in [0.717, 1.165) is 51.9 Å². The van der Waals surface area contributed by atoms with Crippen molar-refractivity contribution < 1.29 is 9.53 Å². The third kappa shape index (κ3) is 3.96. The highest BCUT2D eigenvalue weighted by molar-refractivity contribution is 5.82. The zero-order chi connectivity index (χ0) is 14.5. The normalized spacial score (nSPS) is 32.2. The second kappa shape index (κ2) is 7.56. The van der Waals surface area contributed by atoms with Crippen molar-refractivity contribution in [1.29, 1.82) is 0 Å². The number of carbonyl (C=O) groups is 1. The van der Waals surface area contributed by atoms with E-state index in [1.54, 1.807) is 0 Å². The van der Waals surface area contributed by atoms with Gasteiger partial charge in [-0.2, -0.15) is 0 Å². The van der Waals surface area contributed by atoms with Crippen molar-refractivity contribution in [3.8, 4) is 0 Å². The van der Waals surface area contributed by atoms with Gasteiger partial charge in [0.2, 0.25) is 5.91 Å². The van der Waals surface area contributed by atoms with Crippen LogP contribution in [0, 0.1) is 0 Å². The summed E-state index contributed by atoms with van der Waals surface area (Å²) in [7, 11) is 0. The van der Waals surface area contributed by atoms with Crippen molar-refractivity contribution in [2.45, 2.75) is 63.1 Å².